The topological polar surface area (TPSA) is 306 Å². The van der Waals surface area contributed by atoms with Crippen LogP contribution in [-0.4, -0.2) is 101 Å². The van der Waals surface area contributed by atoms with Crippen LogP contribution in [0.25, 0.3) is 33.4 Å². The molecule has 3 aromatic carbocycles. The first-order valence-electron chi connectivity index (χ1n) is 22.8. The molecular weight excluding hydrogens is 941 g/mol. The summed E-state index contributed by atoms with van der Waals surface area (Å²) in [5, 5.41) is 32.6. The summed E-state index contributed by atoms with van der Waals surface area (Å²) in [6, 6.07) is 18.7. The number of aryl methyl sites for hydroxylation is 1. The second-order valence-electron chi connectivity index (χ2n) is 17.0. The van der Waals surface area contributed by atoms with Gasteiger partial charge in [-0.05, 0) is 124 Å². The Morgan fingerprint density at radius 3 is 2.36 bits per heavy atom. The number of nitrogens with two attached hydrogens (primary N) is 2. The fourth-order valence-electron chi connectivity index (χ4n) is 8.33. The Morgan fingerprint density at radius 2 is 1.63 bits per heavy atom. The lowest BCUT2D eigenvalue weighted by Crippen LogP contribution is -2.51. The van der Waals surface area contributed by atoms with E-state index >= 15 is 0 Å². The summed E-state index contributed by atoms with van der Waals surface area (Å²) in [6.45, 7) is 2.62. The largest absolute Gasteiger partial charge is 0.480 e. The average Bonchev–Trinajstić information content (AvgIpc) is 3.83. The van der Waals surface area contributed by atoms with E-state index in [9.17, 15) is 47.4 Å². The number of carboxylic acids is 2. The van der Waals surface area contributed by atoms with E-state index in [2.05, 4.69) is 26.3 Å². The molecule has 0 radical (unpaired) electrons. The number of rotatable bonds is 23. The van der Waals surface area contributed by atoms with Crippen LogP contribution in [-0.2, 0) is 29.2 Å². The second kappa shape index (κ2) is 23.9. The Balaban J connectivity index is 1.06. The van der Waals surface area contributed by atoms with Crippen molar-refractivity contribution in [3.05, 3.63) is 106 Å². The minimum atomic E-state index is -4.04. The molecule has 21 heteroatoms. The predicted octanol–water partition coefficient (Wildman–Crippen LogP) is 4.73. The van der Waals surface area contributed by atoms with Crippen LogP contribution in [0.1, 0.15) is 80.1 Å². The molecule has 0 aromatic heterocycles. The Bertz CT molecular complexity index is 2920. The number of thiocarbonyl (C=S) groups is 1. The Hall–Kier alpha value is -7.23. The van der Waals surface area contributed by atoms with Crippen molar-refractivity contribution in [3.63, 3.8) is 0 Å². The van der Waals surface area contributed by atoms with Crippen LogP contribution >= 0.6 is 12.2 Å². The van der Waals surface area contributed by atoms with Gasteiger partial charge in [-0.3, -0.25) is 24.2 Å². The number of carbonyl (C=O) groups is 5. The van der Waals surface area contributed by atoms with Crippen LogP contribution in [0.2, 0.25) is 0 Å². The fourth-order valence-corrected chi connectivity index (χ4v) is 10.2. The van der Waals surface area contributed by atoms with Crippen molar-refractivity contribution in [3.8, 4) is 22.5 Å². The molecule has 3 unspecified atom stereocenters. The number of aliphatic imine (C=N–C) groups is 1. The number of amides is 2. The van der Waals surface area contributed by atoms with E-state index in [-0.39, 0.29) is 65.6 Å². The number of hydrogen-bond donors (Lipinski definition) is 8. The third kappa shape index (κ3) is 13.5. The molecule has 2 aliphatic heterocycles. The van der Waals surface area contributed by atoms with E-state index in [1.807, 2.05) is 25.1 Å². The highest BCUT2D eigenvalue weighted by molar-refractivity contribution is 7.89. The summed E-state index contributed by atoms with van der Waals surface area (Å²) in [7, 11) is -4.04. The van der Waals surface area contributed by atoms with Crippen LogP contribution in [0.15, 0.2) is 104 Å². The van der Waals surface area contributed by atoms with Crippen molar-refractivity contribution in [2.75, 3.05) is 25.0 Å². The van der Waals surface area contributed by atoms with Gasteiger partial charge in [-0.25, -0.2) is 18.0 Å². The molecule has 2 amide bonds. The number of aliphatic carboxylic acids is 1. The van der Waals surface area contributed by atoms with E-state index in [0.29, 0.717) is 84.3 Å². The molecule has 370 valence electrons. The number of guanidine groups is 1. The number of nitrogens with zero attached hydrogens (tertiary/aromatic N) is 2. The van der Waals surface area contributed by atoms with Crippen LogP contribution in [0.5, 0.6) is 0 Å². The monoisotopic (exact) mass is 996 g/mol. The SMILES string of the molecule is Cc1ccc2c(-c3ccc(NC(=S)NCCCCC(NC(=O)CCCCN=C(N)N)C(=O)CCC(NC(=O)C4CCCN4S(=O)(=O)c4ccccc4)C(=O)O)cc3C(=O)O)c3ccc(=O)cc-3oc2c1. The normalized spacial score (nSPS) is 14.6. The molecule has 10 N–H and O–H groups in total. The van der Waals surface area contributed by atoms with E-state index in [0.717, 1.165) is 9.87 Å². The van der Waals surface area contributed by atoms with Gasteiger partial charge in [0, 0.05) is 60.7 Å². The molecule has 0 spiro atoms. The summed E-state index contributed by atoms with van der Waals surface area (Å²) in [4.78, 5) is 81.4. The zero-order valence-electron chi connectivity index (χ0n) is 38.4. The highest BCUT2D eigenvalue weighted by atomic mass is 32.2. The van der Waals surface area contributed by atoms with E-state index < -0.39 is 57.7 Å². The maximum absolute atomic E-state index is 13.7. The fraction of sp³-hybridized carbons (Fsp3) is 0.347. The van der Waals surface area contributed by atoms with Crippen LogP contribution in [0, 0.1) is 6.92 Å². The van der Waals surface area contributed by atoms with Crippen LogP contribution in [0.3, 0.4) is 0 Å². The summed E-state index contributed by atoms with van der Waals surface area (Å²) in [6.07, 6.45) is 2.04. The predicted molar refractivity (Wildman–Crippen MR) is 268 cm³/mol. The van der Waals surface area contributed by atoms with E-state index in [1.165, 1.54) is 30.3 Å². The maximum Gasteiger partial charge on any atom is 0.336 e. The second-order valence-corrected chi connectivity index (χ2v) is 19.3. The van der Waals surface area contributed by atoms with E-state index in [1.54, 1.807) is 36.4 Å². The molecule has 70 heavy (non-hydrogen) atoms. The third-order valence-electron chi connectivity index (χ3n) is 11.8. The number of carboxylic acid groups (broad SMARTS) is 2. The number of ketones is 1. The molecule has 1 saturated heterocycles. The number of Topliss-reactive ketones (excluding diaryl/α,β-unsaturated/α-hetero) is 1. The van der Waals surface area contributed by atoms with Crippen LogP contribution < -0.4 is 38.2 Å². The van der Waals surface area contributed by atoms with Gasteiger partial charge in [0.05, 0.1) is 16.5 Å². The number of aromatic carboxylic acids is 1. The zero-order valence-corrected chi connectivity index (χ0v) is 40.1. The minimum absolute atomic E-state index is 0.00656. The Labute approximate surface area is 409 Å². The van der Waals surface area contributed by atoms with Gasteiger partial charge in [0.2, 0.25) is 21.8 Å². The summed E-state index contributed by atoms with van der Waals surface area (Å²) in [5.41, 5.74) is 13.9. The number of anilines is 1. The first-order chi connectivity index (χ1) is 33.4. The zero-order chi connectivity index (χ0) is 50.5. The van der Waals surface area contributed by atoms with Crippen LogP contribution in [0.4, 0.5) is 5.69 Å². The number of hydrogen-bond acceptors (Lipinski definition) is 11. The lowest BCUT2D eigenvalue weighted by atomic mass is 9.90. The molecular formula is C49H56N8O11S2. The number of benzene rings is 4. The molecule has 1 fully saturated rings. The van der Waals surface area contributed by atoms with Gasteiger partial charge in [-0.1, -0.05) is 36.4 Å². The smallest absolute Gasteiger partial charge is 0.336 e. The number of nitrogens with one attached hydrogen (secondary N) is 4. The van der Waals surface area contributed by atoms with E-state index in [4.69, 9.17) is 28.1 Å². The highest BCUT2D eigenvalue weighted by Gasteiger charge is 2.40. The molecule has 3 aromatic rings. The first-order valence-corrected chi connectivity index (χ1v) is 24.6. The summed E-state index contributed by atoms with van der Waals surface area (Å²) in [5.74, 6) is -4.00. The van der Waals surface area contributed by atoms with Gasteiger partial charge in [0.25, 0.3) is 0 Å². The summed E-state index contributed by atoms with van der Waals surface area (Å²) < 4.78 is 33.9. The molecule has 1 aliphatic carbocycles. The van der Waals surface area contributed by atoms with Gasteiger partial charge in [-0.15, -0.1) is 0 Å². The molecule has 0 saturated carbocycles. The minimum Gasteiger partial charge on any atom is -0.480 e. The summed E-state index contributed by atoms with van der Waals surface area (Å²) >= 11 is 5.53. The lowest BCUT2D eigenvalue weighted by molar-refractivity contribution is -0.142. The number of fused-ring (bicyclic) bond motifs is 2. The molecule has 3 aliphatic rings. The highest BCUT2D eigenvalue weighted by Crippen LogP contribution is 2.42. The molecule has 19 nitrogen and oxygen atoms in total. The molecule has 0 bridgehead atoms. The van der Waals surface area contributed by atoms with Gasteiger partial charge in [0.1, 0.15) is 23.4 Å². The Kier molecular flexibility index (Phi) is 17.8. The van der Waals surface area contributed by atoms with Crippen molar-refractivity contribution >= 4 is 79.5 Å². The quantitative estimate of drug-likeness (QED) is 0.0144. The maximum atomic E-state index is 13.7. The Morgan fingerprint density at radius 1 is 0.871 bits per heavy atom. The van der Waals surface area contributed by atoms with Gasteiger partial charge < -0.3 is 47.4 Å². The first kappa shape index (κ1) is 52.1. The molecule has 2 heterocycles. The number of sulfonamides is 1. The third-order valence-corrected chi connectivity index (χ3v) is 14.0. The number of unbranched alkanes of at least 4 members (excludes halogenated alkanes) is 2. The van der Waals surface area contributed by atoms with Crippen molar-refractivity contribution in [1.29, 1.82) is 0 Å². The molecule has 6 rings (SSSR count). The standard InChI is InChI=1S/C49H56N8O11S2/c1-29-15-18-34-41(26-29)68-42-28-31(58)17-20-35(42)44(34)33-19-16-30(27-36(33)46(62)63)54-49(69)53-24-7-5-12-37(55-43(60)14-6-8-23-52-48(50)51)40(59)22-21-38(47(64)65)56-45(61)39-13-9-25-57(39)70(66,67)32-10-3-2-4-11-32/h2-4,10-11,15-20,26-28,37-39H,5-9,12-14,21-25H2,1H3,(H,55,60)(H,56,61)(H,62,63)(H,64,65)(H4,50,51,52)(H2,53,54,69). The van der Waals surface area contributed by atoms with Gasteiger partial charge in [0.15, 0.2) is 22.3 Å². The number of carbonyl (C=O) groups excluding carboxylic acids is 3. The van der Waals surface area contributed by atoms with Crippen molar-refractivity contribution in [2.45, 2.75) is 94.2 Å². The lowest BCUT2D eigenvalue weighted by Gasteiger charge is -2.25. The van der Waals surface area contributed by atoms with Crippen molar-refractivity contribution in [1.82, 2.24) is 20.3 Å². The van der Waals surface area contributed by atoms with Gasteiger partial charge in [-0.2, -0.15) is 4.31 Å². The van der Waals surface area contributed by atoms with Gasteiger partial charge >= 0.3 is 11.9 Å². The van der Waals surface area contributed by atoms with Crippen molar-refractivity contribution < 1.29 is 47.0 Å². The molecule has 3 atom stereocenters. The average molecular weight is 997 g/mol. The van der Waals surface area contributed by atoms with Crippen molar-refractivity contribution in [2.24, 2.45) is 16.5 Å².